The van der Waals surface area contributed by atoms with E-state index in [0.29, 0.717) is 38.9 Å². The lowest BCUT2D eigenvalue weighted by molar-refractivity contribution is -0.185. The molecule has 0 amide bonds. The van der Waals surface area contributed by atoms with E-state index in [1.807, 2.05) is 0 Å². The van der Waals surface area contributed by atoms with E-state index in [9.17, 15) is 15.0 Å². The van der Waals surface area contributed by atoms with E-state index >= 15 is 0 Å². The van der Waals surface area contributed by atoms with Crippen LogP contribution in [0, 0.1) is 5.41 Å². The number of hydrogen-bond donors (Lipinski definition) is 2. The fraction of sp³-hybridized carbons (Fsp3) is 0.909. The first-order valence-electron chi connectivity index (χ1n) is 5.72. The molecule has 0 atom stereocenters. The standard InChI is InChI=1S/C11H18O4S/c12-9(13)10(3-7-16-8-4-10)11(14)1-5-15-6-2-11/h14H,1-8H2,(H,12,13). The molecule has 2 heterocycles. The van der Waals surface area contributed by atoms with E-state index in [2.05, 4.69) is 0 Å². The number of aliphatic hydroxyl groups is 1. The molecule has 0 saturated carbocycles. The van der Waals surface area contributed by atoms with Crippen molar-refractivity contribution in [3.8, 4) is 0 Å². The van der Waals surface area contributed by atoms with Gasteiger partial charge in [-0.3, -0.25) is 4.79 Å². The van der Waals surface area contributed by atoms with Crippen LogP contribution in [0.15, 0.2) is 0 Å². The second-order valence-electron chi connectivity index (χ2n) is 4.64. The zero-order valence-corrected chi connectivity index (χ0v) is 10.1. The SMILES string of the molecule is O=C(O)C1(C2(O)CCOCC2)CCSCC1. The Bertz CT molecular complexity index is 267. The highest BCUT2D eigenvalue weighted by atomic mass is 32.2. The third-order valence-electron chi connectivity index (χ3n) is 3.97. The number of carbonyl (C=O) groups is 1. The zero-order chi connectivity index (χ0) is 11.6. The summed E-state index contributed by atoms with van der Waals surface area (Å²) in [6, 6.07) is 0. The van der Waals surface area contributed by atoms with Gasteiger partial charge in [0.2, 0.25) is 0 Å². The van der Waals surface area contributed by atoms with Crippen LogP contribution in [0.2, 0.25) is 0 Å². The van der Waals surface area contributed by atoms with Gasteiger partial charge in [-0.15, -0.1) is 0 Å². The van der Waals surface area contributed by atoms with Crippen molar-refractivity contribution in [2.45, 2.75) is 31.3 Å². The van der Waals surface area contributed by atoms with Crippen LogP contribution in [0.25, 0.3) is 0 Å². The molecule has 0 radical (unpaired) electrons. The van der Waals surface area contributed by atoms with E-state index in [-0.39, 0.29) is 0 Å². The minimum atomic E-state index is -1.07. The third kappa shape index (κ3) is 1.85. The molecular weight excluding hydrogens is 228 g/mol. The predicted molar refractivity (Wildman–Crippen MR) is 61.6 cm³/mol. The van der Waals surface area contributed by atoms with Crippen LogP contribution in [0.3, 0.4) is 0 Å². The van der Waals surface area contributed by atoms with Gasteiger partial charge in [0.1, 0.15) is 0 Å². The van der Waals surface area contributed by atoms with Gasteiger partial charge >= 0.3 is 5.97 Å². The van der Waals surface area contributed by atoms with Gasteiger partial charge in [-0.25, -0.2) is 0 Å². The summed E-state index contributed by atoms with van der Waals surface area (Å²) in [7, 11) is 0. The molecule has 0 spiro atoms. The Labute approximate surface area is 99.4 Å². The molecule has 16 heavy (non-hydrogen) atoms. The second kappa shape index (κ2) is 4.55. The van der Waals surface area contributed by atoms with Crippen molar-refractivity contribution in [3.05, 3.63) is 0 Å². The van der Waals surface area contributed by atoms with E-state index in [0.717, 1.165) is 11.5 Å². The fourth-order valence-corrected chi connectivity index (χ4v) is 3.98. The topological polar surface area (TPSA) is 66.8 Å². The molecule has 2 aliphatic heterocycles. The highest BCUT2D eigenvalue weighted by Crippen LogP contribution is 2.48. The predicted octanol–water partition coefficient (Wildman–Crippen LogP) is 1.13. The van der Waals surface area contributed by atoms with Crippen LogP contribution >= 0.6 is 11.8 Å². The van der Waals surface area contributed by atoms with Crippen molar-refractivity contribution in [3.63, 3.8) is 0 Å². The summed E-state index contributed by atoms with van der Waals surface area (Å²) >= 11 is 1.77. The van der Waals surface area contributed by atoms with Gasteiger partial charge < -0.3 is 14.9 Å². The van der Waals surface area contributed by atoms with Crippen molar-refractivity contribution in [2.24, 2.45) is 5.41 Å². The summed E-state index contributed by atoms with van der Waals surface area (Å²) in [6.07, 6.45) is 2.04. The number of aliphatic carboxylic acids is 1. The van der Waals surface area contributed by atoms with E-state index < -0.39 is 17.0 Å². The van der Waals surface area contributed by atoms with Gasteiger partial charge in [0.05, 0.1) is 11.0 Å². The summed E-state index contributed by atoms with van der Waals surface area (Å²) in [5.74, 6) is 0.822. The molecule has 2 rings (SSSR count). The molecular formula is C11H18O4S. The summed E-state index contributed by atoms with van der Waals surface area (Å²) in [5.41, 5.74) is -2.01. The first-order chi connectivity index (χ1) is 7.61. The molecule has 0 bridgehead atoms. The Balaban J connectivity index is 2.26. The van der Waals surface area contributed by atoms with Gasteiger partial charge in [-0.2, -0.15) is 11.8 Å². The van der Waals surface area contributed by atoms with Crippen molar-refractivity contribution >= 4 is 17.7 Å². The average molecular weight is 246 g/mol. The molecule has 0 aliphatic carbocycles. The molecule has 4 nitrogen and oxygen atoms in total. The molecule has 2 fully saturated rings. The maximum absolute atomic E-state index is 11.6. The highest BCUT2D eigenvalue weighted by molar-refractivity contribution is 7.99. The van der Waals surface area contributed by atoms with Crippen LogP contribution in [-0.2, 0) is 9.53 Å². The van der Waals surface area contributed by atoms with Gasteiger partial charge in [-0.05, 0) is 24.3 Å². The van der Waals surface area contributed by atoms with Crippen LogP contribution in [0.4, 0.5) is 0 Å². The monoisotopic (exact) mass is 246 g/mol. The summed E-state index contributed by atoms with van der Waals surface area (Å²) < 4.78 is 5.22. The Kier molecular flexibility index (Phi) is 3.47. The number of rotatable bonds is 2. The van der Waals surface area contributed by atoms with Crippen molar-refractivity contribution in [2.75, 3.05) is 24.7 Å². The minimum Gasteiger partial charge on any atom is -0.481 e. The number of hydrogen-bond acceptors (Lipinski definition) is 4. The summed E-state index contributed by atoms with van der Waals surface area (Å²) in [4.78, 5) is 11.6. The molecule has 0 aromatic heterocycles. The Morgan fingerprint density at radius 2 is 1.69 bits per heavy atom. The molecule has 0 aromatic rings. The maximum Gasteiger partial charge on any atom is 0.312 e. The molecule has 2 aliphatic rings. The lowest BCUT2D eigenvalue weighted by Crippen LogP contribution is -2.57. The first-order valence-corrected chi connectivity index (χ1v) is 6.87. The Morgan fingerprint density at radius 3 is 2.19 bits per heavy atom. The van der Waals surface area contributed by atoms with Crippen molar-refractivity contribution in [1.82, 2.24) is 0 Å². The smallest absolute Gasteiger partial charge is 0.312 e. The highest BCUT2D eigenvalue weighted by Gasteiger charge is 2.56. The van der Waals surface area contributed by atoms with Crippen LogP contribution in [0.1, 0.15) is 25.7 Å². The summed E-state index contributed by atoms with van der Waals surface area (Å²) in [6.45, 7) is 0.942. The van der Waals surface area contributed by atoms with Gasteiger partial charge in [-0.1, -0.05) is 0 Å². The van der Waals surface area contributed by atoms with Crippen molar-refractivity contribution in [1.29, 1.82) is 0 Å². The first kappa shape index (κ1) is 12.2. The lowest BCUT2D eigenvalue weighted by atomic mass is 9.64. The third-order valence-corrected chi connectivity index (χ3v) is 4.95. The lowest BCUT2D eigenvalue weighted by Gasteiger charge is -2.48. The van der Waals surface area contributed by atoms with Gasteiger partial charge in [0.25, 0.3) is 0 Å². The van der Waals surface area contributed by atoms with Crippen LogP contribution < -0.4 is 0 Å². The Hall–Kier alpha value is -0.260. The zero-order valence-electron chi connectivity index (χ0n) is 9.28. The Morgan fingerprint density at radius 1 is 1.12 bits per heavy atom. The van der Waals surface area contributed by atoms with E-state index in [4.69, 9.17) is 4.74 Å². The molecule has 2 saturated heterocycles. The number of carboxylic acids is 1. The van der Waals surface area contributed by atoms with Crippen molar-refractivity contribution < 1.29 is 19.7 Å². The maximum atomic E-state index is 11.6. The molecule has 2 N–H and O–H groups in total. The molecule has 0 unspecified atom stereocenters. The van der Waals surface area contributed by atoms with Gasteiger partial charge in [0, 0.05) is 26.1 Å². The average Bonchev–Trinajstić information content (AvgIpc) is 2.30. The quantitative estimate of drug-likeness (QED) is 0.764. The normalized spacial score (nSPS) is 28.6. The number of thioether (sulfide) groups is 1. The molecule has 5 heteroatoms. The fourth-order valence-electron chi connectivity index (χ4n) is 2.79. The van der Waals surface area contributed by atoms with Crippen LogP contribution in [-0.4, -0.2) is 46.5 Å². The minimum absolute atomic E-state index is 0.448. The van der Waals surface area contributed by atoms with Crippen LogP contribution in [0.5, 0.6) is 0 Å². The molecule has 92 valence electrons. The molecule has 0 aromatic carbocycles. The van der Waals surface area contributed by atoms with E-state index in [1.54, 1.807) is 11.8 Å². The van der Waals surface area contributed by atoms with E-state index in [1.165, 1.54) is 0 Å². The largest absolute Gasteiger partial charge is 0.481 e. The second-order valence-corrected chi connectivity index (χ2v) is 5.87. The number of carboxylic acid groups (broad SMARTS) is 1. The van der Waals surface area contributed by atoms with Gasteiger partial charge in [0.15, 0.2) is 0 Å². The summed E-state index contributed by atoms with van der Waals surface area (Å²) in [5, 5.41) is 20.1. The number of ether oxygens (including phenoxy) is 1.